The van der Waals surface area contributed by atoms with E-state index in [0.29, 0.717) is 16.4 Å². The van der Waals surface area contributed by atoms with E-state index < -0.39 is 13.1 Å². The van der Waals surface area contributed by atoms with Crippen molar-refractivity contribution in [1.29, 1.82) is 0 Å². The molecular formula is C20H19ClFN2O4P. The quantitative estimate of drug-likeness (QED) is 0.449. The average Bonchev–Trinajstić information content (AvgIpc) is 3.16. The third kappa shape index (κ3) is 4.82. The Morgan fingerprint density at radius 2 is 1.72 bits per heavy atom. The molecule has 6 nitrogen and oxygen atoms in total. The Morgan fingerprint density at radius 1 is 1.10 bits per heavy atom. The minimum Gasteiger partial charge on any atom is -0.307 e. The van der Waals surface area contributed by atoms with E-state index in [4.69, 9.17) is 20.6 Å². The van der Waals surface area contributed by atoms with Crippen LogP contribution in [-0.2, 0) is 24.8 Å². The van der Waals surface area contributed by atoms with Crippen molar-refractivity contribution in [2.24, 2.45) is 0 Å². The maximum atomic E-state index is 13.2. The van der Waals surface area contributed by atoms with Gasteiger partial charge in [0.2, 0.25) is 5.52 Å². The topological polar surface area (TPSA) is 70.4 Å². The van der Waals surface area contributed by atoms with Gasteiger partial charge in [-0.3, -0.25) is 9.36 Å². The Morgan fingerprint density at radius 3 is 2.31 bits per heavy atom. The lowest BCUT2D eigenvalue weighted by Gasteiger charge is -2.11. The first-order chi connectivity index (χ1) is 13.9. The summed E-state index contributed by atoms with van der Waals surface area (Å²) in [5.74, 6) is -0.348. The second kappa shape index (κ2) is 9.01. The van der Waals surface area contributed by atoms with Gasteiger partial charge < -0.3 is 9.05 Å². The van der Waals surface area contributed by atoms with Gasteiger partial charge >= 0.3 is 7.60 Å². The van der Waals surface area contributed by atoms with Crippen molar-refractivity contribution in [2.75, 3.05) is 14.2 Å². The molecule has 0 spiro atoms. The highest BCUT2D eigenvalue weighted by atomic mass is 35.5. The number of hydrogen-bond donors (Lipinski definition) is 0. The van der Waals surface area contributed by atoms with Gasteiger partial charge in [0.1, 0.15) is 5.82 Å². The van der Waals surface area contributed by atoms with Gasteiger partial charge in [-0.2, -0.15) is 5.10 Å². The second-order valence-electron chi connectivity index (χ2n) is 6.17. The van der Waals surface area contributed by atoms with Crippen LogP contribution in [0.2, 0.25) is 5.02 Å². The van der Waals surface area contributed by atoms with E-state index in [0.717, 1.165) is 11.1 Å². The summed E-state index contributed by atoms with van der Waals surface area (Å²) in [6, 6.07) is 13.1. The zero-order chi connectivity index (χ0) is 21.0. The van der Waals surface area contributed by atoms with Crippen molar-refractivity contribution in [3.05, 3.63) is 71.3 Å². The molecule has 29 heavy (non-hydrogen) atoms. The van der Waals surface area contributed by atoms with E-state index in [1.54, 1.807) is 35.1 Å². The van der Waals surface area contributed by atoms with Crippen LogP contribution in [0.15, 0.2) is 54.7 Å². The number of halogens is 2. The first kappa shape index (κ1) is 21.4. The molecule has 152 valence electrons. The first-order valence-electron chi connectivity index (χ1n) is 8.71. The van der Waals surface area contributed by atoms with Crippen LogP contribution in [0.3, 0.4) is 0 Å². The van der Waals surface area contributed by atoms with Crippen molar-refractivity contribution in [2.45, 2.75) is 12.8 Å². The molecule has 3 aromatic rings. The van der Waals surface area contributed by atoms with Crippen molar-refractivity contribution in [3.8, 4) is 16.8 Å². The highest BCUT2D eigenvalue weighted by Crippen LogP contribution is 2.48. The summed E-state index contributed by atoms with van der Waals surface area (Å²) in [6.07, 6.45) is 1.95. The number of carbonyl (C=O) groups is 1. The van der Waals surface area contributed by atoms with Crippen molar-refractivity contribution < 1.29 is 22.8 Å². The molecule has 1 heterocycles. The molecule has 0 bridgehead atoms. The van der Waals surface area contributed by atoms with Crippen molar-refractivity contribution >= 4 is 24.7 Å². The Bertz CT molecular complexity index is 1040. The highest BCUT2D eigenvalue weighted by Gasteiger charge is 2.31. The summed E-state index contributed by atoms with van der Waals surface area (Å²) in [5, 5.41) is 5.15. The number of carbonyl (C=O) groups excluding carboxylic acids is 1. The van der Waals surface area contributed by atoms with Crippen LogP contribution in [0, 0.1) is 5.82 Å². The fourth-order valence-electron chi connectivity index (χ4n) is 2.83. The van der Waals surface area contributed by atoms with E-state index in [1.807, 2.05) is 12.1 Å². The lowest BCUT2D eigenvalue weighted by atomic mass is 10.0. The predicted molar refractivity (Wildman–Crippen MR) is 109 cm³/mol. The zero-order valence-corrected chi connectivity index (χ0v) is 17.5. The number of rotatable bonds is 8. The Hall–Kier alpha value is -2.31. The van der Waals surface area contributed by atoms with Crippen LogP contribution in [0.4, 0.5) is 4.39 Å². The molecule has 0 saturated heterocycles. The molecule has 0 aliphatic carbocycles. The number of hydrogen-bond acceptors (Lipinski definition) is 5. The molecule has 0 saturated carbocycles. The normalized spacial score (nSPS) is 11.6. The minimum atomic E-state index is -3.79. The Balaban J connectivity index is 1.95. The molecule has 0 fully saturated rings. The smallest absolute Gasteiger partial charge is 0.307 e. The van der Waals surface area contributed by atoms with Gasteiger partial charge in [0.15, 0.2) is 0 Å². The molecule has 0 radical (unpaired) electrons. The molecule has 0 amide bonds. The Labute approximate surface area is 172 Å². The van der Waals surface area contributed by atoms with Crippen molar-refractivity contribution in [3.63, 3.8) is 0 Å². The van der Waals surface area contributed by atoms with E-state index >= 15 is 0 Å². The van der Waals surface area contributed by atoms with Crippen LogP contribution >= 0.6 is 19.2 Å². The van der Waals surface area contributed by atoms with Gasteiger partial charge in [-0.25, -0.2) is 9.07 Å². The van der Waals surface area contributed by atoms with E-state index in [9.17, 15) is 13.8 Å². The standard InChI is InChI=1S/C20H19ClFN2O4P/c1-27-29(26,28-2)20(25)12-11-19-18(14-3-5-15(21)6-4-14)13-24(23-19)17-9-7-16(22)8-10-17/h3-10,13H,11-12H2,1-2H3. The van der Waals surface area contributed by atoms with Gasteiger partial charge in [-0.05, 0) is 48.4 Å². The molecule has 0 atom stereocenters. The second-order valence-corrected chi connectivity index (χ2v) is 8.83. The van der Waals surface area contributed by atoms with Crippen LogP contribution in [-0.4, -0.2) is 29.5 Å². The van der Waals surface area contributed by atoms with Gasteiger partial charge in [0.25, 0.3) is 0 Å². The van der Waals surface area contributed by atoms with Gasteiger partial charge in [-0.15, -0.1) is 0 Å². The van der Waals surface area contributed by atoms with Crippen LogP contribution in [0.1, 0.15) is 12.1 Å². The summed E-state index contributed by atoms with van der Waals surface area (Å²) in [5.41, 5.74) is 2.29. The summed E-state index contributed by atoms with van der Waals surface area (Å²) < 4.78 is 36.6. The fraction of sp³-hybridized carbons (Fsp3) is 0.200. The summed E-state index contributed by atoms with van der Waals surface area (Å²) >= 11 is 5.98. The summed E-state index contributed by atoms with van der Waals surface area (Å²) in [4.78, 5) is 12.3. The van der Waals surface area contributed by atoms with Gasteiger partial charge in [0.05, 0.1) is 11.4 Å². The van der Waals surface area contributed by atoms with Crippen LogP contribution < -0.4 is 0 Å². The largest absolute Gasteiger partial charge is 0.396 e. The van der Waals surface area contributed by atoms with E-state index in [-0.39, 0.29) is 18.7 Å². The number of aromatic nitrogens is 2. The first-order valence-corrected chi connectivity index (χ1v) is 10.6. The molecule has 2 aromatic carbocycles. The van der Waals surface area contributed by atoms with E-state index in [2.05, 4.69) is 5.10 Å². The zero-order valence-electron chi connectivity index (χ0n) is 15.8. The highest BCUT2D eigenvalue weighted by molar-refractivity contribution is 7.71. The monoisotopic (exact) mass is 436 g/mol. The lowest BCUT2D eigenvalue weighted by molar-refractivity contribution is -0.113. The lowest BCUT2D eigenvalue weighted by Crippen LogP contribution is -2.06. The minimum absolute atomic E-state index is 0.0695. The molecule has 0 aliphatic rings. The van der Waals surface area contributed by atoms with Crippen LogP contribution in [0.5, 0.6) is 0 Å². The van der Waals surface area contributed by atoms with Crippen molar-refractivity contribution in [1.82, 2.24) is 9.78 Å². The number of aryl methyl sites for hydroxylation is 1. The maximum absolute atomic E-state index is 13.2. The average molecular weight is 437 g/mol. The van der Waals surface area contributed by atoms with E-state index in [1.165, 1.54) is 26.4 Å². The molecule has 1 aromatic heterocycles. The fourth-order valence-corrected chi connectivity index (χ4v) is 3.90. The predicted octanol–water partition coefficient (Wildman–Crippen LogP) is 5.28. The SMILES string of the molecule is COP(=O)(OC)C(=O)CCc1nn(-c2ccc(F)cc2)cc1-c1ccc(Cl)cc1. The number of benzene rings is 2. The van der Waals surface area contributed by atoms with Gasteiger partial charge in [0, 0.05) is 37.4 Å². The third-order valence-corrected chi connectivity index (χ3v) is 6.45. The van der Waals surface area contributed by atoms with Crippen LogP contribution in [0.25, 0.3) is 16.8 Å². The molecule has 9 heteroatoms. The molecule has 3 rings (SSSR count). The number of nitrogens with zero attached hydrogens (tertiary/aromatic N) is 2. The summed E-state index contributed by atoms with van der Waals surface area (Å²) in [6.45, 7) is 0. The Kier molecular flexibility index (Phi) is 6.65. The molecule has 0 unspecified atom stereocenters. The maximum Gasteiger partial charge on any atom is 0.396 e. The summed E-state index contributed by atoms with van der Waals surface area (Å²) in [7, 11) is -1.45. The molecule has 0 N–H and O–H groups in total. The molecular weight excluding hydrogens is 418 g/mol. The van der Waals surface area contributed by atoms with Gasteiger partial charge in [-0.1, -0.05) is 23.7 Å². The third-order valence-electron chi connectivity index (χ3n) is 4.40. The molecule has 0 aliphatic heterocycles.